The zero-order valence-corrected chi connectivity index (χ0v) is 10.6. The van der Waals surface area contributed by atoms with Gasteiger partial charge in [-0.25, -0.2) is 0 Å². The lowest BCUT2D eigenvalue weighted by atomic mass is 9.97. The average Bonchev–Trinajstić information content (AvgIpc) is 2.42. The van der Waals surface area contributed by atoms with E-state index in [9.17, 15) is 14.7 Å². The first-order valence-corrected chi connectivity index (χ1v) is 6.33. The van der Waals surface area contributed by atoms with Crippen LogP contribution in [0.25, 0.3) is 0 Å². The number of amides is 1. The van der Waals surface area contributed by atoms with Crippen LogP contribution in [0.5, 0.6) is 0 Å². The minimum absolute atomic E-state index is 0.0588. The third-order valence-electron chi connectivity index (χ3n) is 3.13. The fourth-order valence-electron chi connectivity index (χ4n) is 2.16. The number of aliphatic carboxylic acids is 1. The Bertz CT molecular complexity index is 472. The molecule has 1 unspecified atom stereocenters. The lowest BCUT2D eigenvalue weighted by Crippen LogP contribution is -2.33. The topological polar surface area (TPSA) is 78.5 Å². The number of fused-ring (bicyclic) bond motifs is 1. The summed E-state index contributed by atoms with van der Waals surface area (Å²) in [5.41, 5.74) is 2.33. The van der Waals surface area contributed by atoms with Gasteiger partial charge in [-0.05, 0) is 24.0 Å². The van der Waals surface area contributed by atoms with E-state index in [0.29, 0.717) is 13.2 Å². The third kappa shape index (κ3) is 3.79. The Morgan fingerprint density at radius 3 is 2.89 bits per heavy atom. The van der Waals surface area contributed by atoms with Crippen molar-refractivity contribution in [3.8, 4) is 0 Å². The van der Waals surface area contributed by atoms with Crippen LogP contribution in [0.1, 0.15) is 30.1 Å². The fourth-order valence-corrected chi connectivity index (χ4v) is 2.16. The van der Waals surface area contributed by atoms with E-state index < -0.39 is 5.97 Å². The minimum Gasteiger partial charge on any atom is -0.550 e. The highest BCUT2D eigenvalue weighted by Crippen LogP contribution is 2.26. The van der Waals surface area contributed by atoms with Gasteiger partial charge in [0.05, 0.1) is 6.61 Å². The van der Waals surface area contributed by atoms with E-state index in [1.165, 1.54) is 5.56 Å². The molecule has 1 aliphatic heterocycles. The summed E-state index contributed by atoms with van der Waals surface area (Å²) >= 11 is 0. The SMILES string of the molecule is O=C([O-])CCC(=O)NCC1OCCc2ccccc21. The highest BCUT2D eigenvalue weighted by Gasteiger charge is 2.20. The van der Waals surface area contributed by atoms with Gasteiger partial charge >= 0.3 is 0 Å². The first kappa shape index (κ1) is 13.5. The van der Waals surface area contributed by atoms with E-state index in [2.05, 4.69) is 11.4 Å². The van der Waals surface area contributed by atoms with Crippen LogP contribution in [0, 0.1) is 0 Å². The number of hydrogen-bond donors (Lipinski definition) is 1. The number of carbonyl (C=O) groups excluding carboxylic acids is 2. The van der Waals surface area contributed by atoms with Crippen LogP contribution in [0.4, 0.5) is 0 Å². The molecule has 0 aromatic heterocycles. The molecule has 1 amide bonds. The first-order chi connectivity index (χ1) is 9.16. The molecule has 0 spiro atoms. The number of rotatable bonds is 5. The number of benzene rings is 1. The van der Waals surface area contributed by atoms with Gasteiger partial charge in [-0.3, -0.25) is 4.79 Å². The highest BCUT2D eigenvalue weighted by molar-refractivity contribution is 5.80. The molecule has 1 atom stereocenters. The Balaban J connectivity index is 1.87. The molecular formula is C14H16NO4-. The maximum absolute atomic E-state index is 11.4. The van der Waals surface area contributed by atoms with E-state index in [4.69, 9.17) is 4.74 Å². The molecule has 0 fully saturated rings. The lowest BCUT2D eigenvalue weighted by Gasteiger charge is -2.26. The van der Waals surface area contributed by atoms with Crippen LogP contribution in [0.15, 0.2) is 24.3 Å². The van der Waals surface area contributed by atoms with Crippen molar-refractivity contribution in [2.24, 2.45) is 0 Å². The smallest absolute Gasteiger partial charge is 0.220 e. The number of ether oxygens (including phenoxy) is 1. The molecule has 0 saturated carbocycles. The van der Waals surface area contributed by atoms with Crippen molar-refractivity contribution in [1.82, 2.24) is 5.32 Å². The van der Waals surface area contributed by atoms with Crippen LogP contribution in [-0.4, -0.2) is 25.0 Å². The summed E-state index contributed by atoms with van der Waals surface area (Å²) < 4.78 is 5.64. The maximum Gasteiger partial charge on any atom is 0.220 e. The van der Waals surface area contributed by atoms with E-state index in [-0.39, 0.29) is 24.9 Å². The van der Waals surface area contributed by atoms with Gasteiger partial charge < -0.3 is 20.0 Å². The predicted molar refractivity (Wildman–Crippen MR) is 66.1 cm³/mol. The molecule has 2 rings (SSSR count). The van der Waals surface area contributed by atoms with Gasteiger partial charge in [0.1, 0.15) is 6.10 Å². The van der Waals surface area contributed by atoms with Crippen molar-refractivity contribution in [3.05, 3.63) is 35.4 Å². The molecule has 1 heterocycles. The molecule has 5 nitrogen and oxygen atoms in total. The summed E-state index contributed by atoms with van der Waals surface area (Å²) in [5.74, 6) is -1.51. The second-order valence-electron chi connectivity index (χ2n) is 4.48. The minimum atomic E-state index is -1.21. The van der Waals surface area contributed by atoms with E-state index in [0.717, 1.165) is 12.0 Å². The van der Waals surface area contributed by atoms with Crippen LogP contribution in [0.2, 0.25) is 0 Å². The molecule has 5 heteroatoms. The predicted octanol–water partition coefficient (Wildman–Crippen LogP) is -0.0533. The molecule has 1 N–H and O–H groups in total. The quantitative estimate of drug-likeness (QED) is 0.806. The molecule has 19 heavy (non-hydrogen) atoms. The number of nitrogens with one attached hydrogen (secondary N) is 1. The summed E-state index contributed by atoms with van der Waals surface area (Å²) in [6, 6.07) is 7.98. The van der Waals surface area contributed by atoms with Gasteiger partial charge in [-0.2, -0.15) is 0 Å². The normalized spacial score (nSPS) is 17.6. The highest BCUT2D eigenvalue weighted by atomic mass is 16.5. The molecule has 1 aliphatic rings. The average molecular weight is 262 g/mol. The molecule has 0 radical (unpaired) electrons. The maximum atomic E-state index is 11.4. The Kier molecular flexibility index (Phi) is 4.52. The van der Waals surface area contributed by atoms with Crippen molar-refractivity contribution in [2.75, 3.05) is 13.2 Å². The van der Waals surface area contributed by atoms with Gasteiger partial charge in [-0.1, -0.05) is 24.3 Å². The molecule has 1 aromatic carbocycles. The van der Waals surface area contributed by atoms with Crippen LogP contribution in [-0.2, 0) is 20.7 Å². The van der Waals surface area contributed by atoms with Gasteiger partial charge in [0.2, 0.25) is 5.91 Å². The fraction of sp³-hybridized carbons (Fsp3) is 0.429. The Morgan fingerprint density at radius 2 is 2.11 bits per heavy atom. The van der Waals surface area contributed by atoms with Crippen molar-refractivity contribution >= 4 is 11.9 Å². The second-order valence-corrected chi connectivity index (χ2v) is 4.48. The number of carboxylic acids is 1. The zero-order valence-electron chi connectivity index (χ0n) is 10.6. The zero-order chi connectivity index (χ0) is 13.7. The summed E-state index contributed by atoms with van der Waals surface area (Å²) in [5, 5.41) is 13.0. The van der Waals surface area contributed by atoms with Crippen molar-refractivity contribution < 1.29 is 19.4 Å². The van der Waals surface area contributed by atoms with Gasteiger partial charge in [0, 0.05) is 18.9 Å². The lowest BCUT2D eigenvalue weighted by molar-refractivity contribution is -0.305. The number of carbonyl (C=O) groups is 2. The summed E-state index contributed by atoms with van der Waals surface area (Å²) in [7, 11) is 0. The third-order valence-corrected chi connectivity index (χ3v) is 3.13. The summed E-state index contributed by atoms with van der Waals surface area (Å²) in [6.45, 7) is 0.999. The van der Waals surface area contributed by atoms with Gasteiger partial charge in [-0.15, -0.1) is 0 Å². The molecule has 102 valence electrons. The largest absolute Gasteiger partial charge is 0.550 e. The number of hydrogen-bond acceptors (Lipinski definition) is 4. The molecule has 1 aromatic rings. The Labute approximate surface area is 111 Å². The number of carboxylic acid groups (broad SMARTS) is 1. The van der Waals surface area contributed by atoms with E-state index >= 15 is 0 Å². The van der Waals surface area contributed by atoms with Crippen LogP contribution >= 0.6 is 0 Å². The monoisotopic (exact) mass is 262 g/mol. The van der Waals surface area contributed by atoms with Crippen molar-refractivity contribution in [3.63, 3.8) is 0 Å². The van der Waals surface area contributed by atoms with E-state index in [1.54, 1.807) is 0 Å². The Morgan fingerprint density at radius 1 is 1.32 bits per heavy atom. The summed E-state index contributed by atoms with van der Waals surface area (Å²) in [6.07, 6.45) is 0.410. The second kappa shape index (κ2) is 6.33. The van der Waals surface area contributed by atoms with Crippen LogP contribution in [0.3, 0.4) is 0 Å². The molecular weight excluding hydrogens is 246 g/mol. The van der Waals surface area contributed by atoms with Gasteiger partial charge in [0.15, 0.2) is 0 Å². The van der Waals surface area contributed by atoms with Crippen molar-refractivity contribution in [1.29, 1.82) is 0 Å². The molecule has 0 aliphatic carbocycles. The first-order valence-electron chi connectivity index (χ1n) is 6.33. The van der Waals surface area contributed by atoms with Gasteiger partial charge in [0.25, 0.3) is 0 Å². The van der Waals surface area contributed by atoms with Crippen molar-refractivity contribution in [2.45, 2.75) is 25.4 Å². The van der Waals surface area contributed by atoms with E-state index in [1.807, 2.05) is 18.2 Å². The summed E-state index contributed by atoms with van der Waals surface area (Å²) in [4.78, 5) is 21.7. The standard InChI is InChI=1S/C14H17NO4/c16-13(5-6-14(17)18)15-9-12-11-4-2-1-3-10(11)7-8-19-12/h1-4,12H,5-9H2,(H,15,16)(H,17,18)/p-1. The Hall–Kier alpha value is -1.88. The molecule has 0 saturated heterocycles. The molecule has 0 bridgehead atoms. The van der Waals surface area contributed by atoms with Crippen LogP contribution < -0.4 is 10.4 Å².